The zero-order valence-corrected chi connectivity index (χ0v) is 9.62. The summed E-state index contributed by atoms with van der Waals surface area (Å²) in [6.45, 7) is 0.733. The van der Waals surface area contributed by atoms with Crippen molar-refractivity contribution < 1.29 is 27.5 Å². The number of hydrogen-bond acceptors (Lipinski definition) is 3. The number of nitrogens with zero attached hydrogens (tertiary/aromatic N) is 1. The van der Waals surface area contributed by atoms with E-state index in [-0.39, 0.29) is 12.3 Å². The van der Waals surface area contributed by atoms with Gasteiger partial charge in [0.25, 0.3) is 5.91 Å². The summed E-state index contributed by atoms with van der Waals surface area (Å²) in [6.07, 6.45) is -5.25. The van der Waals surface area contributed by atoms with Crippen LogP contribution in [0.25, 0.3) is 0 Å². The summed E-state index contributed by atoms with van der Waals surface area (Å²) >= 11 is 0. The molecule has 7 heteroatoms. The number of rotatable bonds is 1. The highest BCUT2D eigenvalue weighted by Gasteiger charge is 2.58. The van der Waals surface area contributed by atoms with Gasteiger partial charge in [0.05, 0.1) is 6.54 Å². The lowest BCUT2D eigenvalue weighted by Gasteiger charge is -2.25. The lowest BCUT2D eigenvalue weighted by Crippen LogP contribution is -2.48. The summed E-state index contributed by atoms with van der Waals surface area (Å²) in [5, 5.41) is 9.45. The van der Waals surface area contributed by atoms with E-state index in [4.69, 9.17) is 4.42 Å². The van der Waals surface area contributed by atoms with Crippen LogP contribution in [-0.2, 0) is 0 Å². The average Bonchev–Trinajstić information content (AvgIpc) is 2.84. The van der Waals surface area contributed by atoms with E-state index in [2.05, 4.69) is 0 Å². The van der Waals surface area contributed by atoms with Crippen LogP contribution >= 0.6 is 0 Å². The van der Waals surface area contributed by atoms with Crippen molar-refractivity contribution in [1.29, 1.82) is 0 Å². The predicted octanol–water partition coefficient (Wildman–Crippen LogP) is 1.73. The second kappa shape index (κ2) is 4.01. The number of aryl methyl sites for hydroxylation is 1. The number of halogens is 3. The molecule has 1 aliphatic rings. The van der Waals surface area contributed by atoms with E-state index in [0.29, 0.717) is 5.76 Å². The molecule has 0 spiro atoms. The lowest BCUT2D eigenvalue weighted by molar-refractivity contribution is -0.253. The van der Waals surface area contributed by atoms with Crippen LogP contribution in [0.3, 0.4) is 0 Å². The summed E-state index contributed by atoms with van der Waals surface area (Å²) in [5.74, 6) is -0.147. The highest BCUT2D eigenvalue weighted by molar-refractivity contribution is 5.91. The second-order valence-corrected chi connectivity index (χ2v) is 4.42. The van der Waals surface area contributed by atoms with E-state index >= 15 is 0 Å². The Morgan fingerprint density at radius 3 is 2.61 bits per heavy atom. The zero-order valence-electron chi connectivity index (χ0n) is 9.62. The minimum absolute atomic E-state index is 0.0149. The van der Waals surface area contributed by atoms with E-state index in [1.807, 2.05) is 0 Å². The van der Waals surface area contributed by atoms with Gasteiger partial charge in [-0.05, 0) is 19.1 Å². The molecule has 4 nitrogen and oxygen atoms in total. The standard InChI is InChI=1S/C11H12F3NO3/c1-7-2-3-8(18-7)9(16)15-5-4-10(17,6-15)11(12,13)14/h2-3,17H,4-6H2,1H3/t10-/m1/s1. The molecule has 0 aromatic carbocycles. The maximum atomic E-state index is 12.6. The number of carbonyl (C=O) groups is 1. The summed E-state index contributed by atoms with van der Waals surface area (Å²) in [4.78, 5) is 12.8. The molecule has 1 N–H and O–H groups in total. The second-order valence-electron chi connectivity index (χ2n) is 4.42. The van der Waals surface area contributed by atoms with Gasteiger partial charge in [0.2, 0.25) is 0 Å². The van der Waals surface area contributed by atoms with Crippen LogP contribution in [0.5, 0.6) is 0 Å². The van der Waals surface area contributed by atoms with Crippen LogP contribution < -0.4 is 0 Å². The highest BCUT2D eigenvalue weighted by atomic mass is 19.4. The van der Waals surface area contributed by atoms with Crippen LogP contribution in [-0.4, -0.2) is 40.8 Å². The van der Waals surface area contributed by atoms with Crippen molar-refractivity contribution in [3.8, 4) is 0 Å². The molecule has 1 atom stereocenters. The molecule has 0 unspecified atom stereocenters. The number of amides is 1. The van der Waals surface area contributed by atoms with E-state index in [0.717, 1.165) is 4.90 Å². The largest absolute Gasteiger partial charge is 0.456 e. The molecule has 1 fully saturated rings. The van der Waals surface area contributed by atoms with E-state index < -0.39 is 30.7 Å². The molecule has 1 aromatic heterocycles. The van der Waals surface area contributed by atoms with Crippen LogP contribution in [0.1, 0.15) is 22.7 Å². The van der Waals surface area contributed by atoms with Gasteiger partial charge in [0.15, 0.2) is 11.4 Å². The van der Waals surface area contributed by atoms with Crippen LogP contribution in [0.4, 0.5) is 13.2 Å². The molecule has 2 rings (SSSR count). The first kappa shape index (κ1) is 12.9. The molecular formula is C11H12F3NO3. The van der Waals surface area contributed by atoms with Crippen molar-refractivity contribution in [3.63, 3.8) is 0 Å². The van der Waals surface area contributed by atoms with Gasteiger partial charge in [-0.25, -0.2) is 0 Å². The number of β-amino-alcohol motifs (C(OH)–C–C–N with tert-alkyl or cyclic N) is 1. The third-order valence-corrected chi connectivity index (χ3v) is 3.01. The molecule has 1 aromatic rings. The zero-order chi connectivity index (χ0) is 13.6. The Kier molecular flexibility index (Phi) is 2.89. The minimum atomic E-state index is -4.74. The van der Waals surface area contributed by atoms with Gasteiger partial charge in [0, 0.05) is 13.0 Å². The Morgan fingerprint density at radius 1 is 1.50 bits per heavy atom. The molecule has 1 amide bonds. The summed E-state index contributed by atoms with van der Waals surface area (Å²) in [7, 11) is 0. The van der Waals surface area contributed by atoms with Gasteiger partial charge in [-0.2, -0.15) is 13.2 Å². The summed E-state index contributed by atoms with van der Waals surface area (Å²) in [5.41, 5.74) is -2.82. The van der Waals surface area contributed by atoms with Crippen molar-refractivity contribution >= 4 is 5.91 Å². The molecular weight excluding hydrogens is 251 g/mol. The fourth-order valence-corrected chi connectivity index (χ4v) is 1.90. The van der Waals surface area contributed by atoms with Gasteiger partial charge >= 0.3 is 6.18 Å². The molecule has 100 valence electrons. The lowest BCUT2D eigenvalue weighted by atomic mass is 10.0. The normalized spacial score (nSPS) is 24.6. The first-order valence-electron chi connectivity index (χ1n) is 5.38. The molecule has 1 aliphatic heterocycles. The third-order valence-electron chi connectivity index (χ3n) is 3.01. The minimum Gasteiger partial charge on any atom is -0.456 e. The Labute approximate surface area is 101 Å². The fraction of sp³-hybridized carbons (Fsp3) is 0.545. The number of aliphatic hydroxyl groups is 1. The van der Waals surface area contributed by atoms with Gasteiger partial charge in [-0.3, -0.25) is 4.79 Å². The summed E-state index contributed by atoms with van der Waals surface area (Å²) in [6, 6.07) is 2.96. The van der Waals surface area contributed by atoms with Crippen molar-refractivity contribution in [2.24, 2.45) is 0 Å². The Morgan fingerprint density at radius 2 is 2.17 bits per heavy atom. The molecule has 1 saturated heterocycles. The summed E-state index contributed by atoms with van der Waals surface area (Å²) < 4.78 is 42.8. The van der Waals surface area contributed by atoms with E-state index in [9.17, 15) is 23.1 Å². The average molecular weight is 263 g/mol. The predicted molar refractivity (Wildman–Crippen MR) is 55.0 cm³/mol. The fourth-order valence-electron chi connectivity index (χ4n) is 1.90. The Balaban J connectivity index is 2.12. The molecule has 2 heterocycles. The Hall–Kier alpha value is -1.50. The van der Waals surface area contributed by atoms with Gasteiger partial charge < -0.3 is 14.4 Å². The van der Waals surface area contributed by atoms with Crippen molar-refractivity contribution in [3.05, 3.63) is 23.7 Å². The van der Waals surface area contributed by atoms with Crippen molar-refractivity contribution in [2.45, 2.75) is 25.1 Å². The van der Waals surface area contributed by atoms with Crippen molar-refractivity contribution in [2.75, 3.05) is 13.1 Å². The van der Waals surface area contributed by atoms with E-state index in [1.165, 1.54) is 6.07 Å². The number of likely N-dealkylation sites (tertiary alicyclic amines) is 1. The number of hydrogen-bond donors (Lipinski definition) is 1. The smallest absolute Gasteiger partial charge is 0.419 e. The third kappa shape index (κ3) is 2.10. The van der Waals surface area contributed by atoms with Crippen LogP contribution in [0.15, 0.2) is 16.5 Å². The highest BCUT2D eigenvalue weighted by Crippen LogP contribution is 2.38. The molecule has 0 bridgehead atoms. The molecule has 0 radical (unpaired) electrons. The SMILES string of the molecule is Cc1ccc(C(=O)N2CC[C@](O)(C(F)(F)F)C2)o1. The first-order valence-corrected chi connectivity index (χ1v) is 5.38. The monoisotopic (exact) mass is 263 g/mol. The van der Waals surface area contributed by atoms with E-state index in [1.54, 1.807) is 13.0 Å². The Bertz CT molecular complexity index is 468. The topological polar surface area (TPSA) is 53.7 Å². The molecule has 0 saturated carbocycles. The number of alkyl halides is 3. The van der Waals surface area contributed by atoms with Crippen LogP contribution in [0, 0.1) is 6.92 Å². The van der Waals surface area contributed by atoms with Crippen LogP contribution in [0.2, 0.25) is 0 Å². The quantitative estimate of drug-likeness (QED) is 0.839. The number of furan rings is 1. The molecule has 18 heavy (non-hydrogen) atoms. The van der Waals surface area contributed by atoms with Crippen molar-refractivity contribution in [1.82, 2.24) is 4.90 Å². The van der Waals surface area contributed by atoms with Gasteiger partial charge in [0.1, 0.15) is 5.76 Å². The van der Waals surface area contributed by atoms with Gasteiger partial charge in [-0.1, -0.05) is 0 Å². The first-order chi connectivity index (χ1) is 8.23. The maximum Gasteiger partial charge on any atom is 0.419 e. The number of carbonyl (C=O) groups excluding carboxylic acids is 1. The van der Waals surface area contributed by atoms with Gasteiger partial charge in [-0.15, -0.1) is 0 Å². The maximum absolute atomic E-state index is 12.6. The molecule has 0 aliphatic carbocycles.